The Kier molecular flexibility index (Phi) is 25.8. The van der Waals surface area contributed by atoms with Crippen molar-refractivity contribution in [2.24, 2.45) is 0 Å². The van der Waals surface area contributed by atoms with E-state index < -0.39 is 5.97 Å². The van der Waals surface area contributed by atoms with Gasteiger partial charge < -0.3 is 14.2 Å². The molecule has 0 unspecified atom stereocenters. The second kappa shape index (κ2) is 23.9. The van der Waals surface area contributed by atoms with Crippen LogP contribution in [0, 0.1) is 0 Å². The minimum absolute atomic E-state index is 0.622. The van der Waals surface area contributed by atoms with E-state index >= 15 is 0 Å². The molecule has 27 heavy (non-hydrogen) atoms. The highest BCUT2D eigenvalue weighted by Gasteiger charge is 2.31. The van der Waals surface area contributed by atoms with Crippen LogP contribution in [-0.4, -0.2) is 25.8 Å². The first kappa shape index (κ1) is 29.1. The van der Waals surface area contributed by atoms with E-state index in [4.69, 9.17) is 14.2 Å². The SMILES string of the molecule is CCCCCCCC.CCCCCCCCCC(OCC)(OCC)OCC. The monoisotopic (exact) mass is 388 g/mol. The Morgan fingerprint density at radius 2 is 0.704 bits per heavy atom. The molecule has 0 saturated carbocycles. The van der Waals surface area contributed by atoms with E-state index in [1.165, 1.54) is 77.0 Å². The third-order valence-electron chi connectivity index (χ3n) is 4.64. The summed E-state index contributed by atoms with van der Waals surface area (Å²) < 4.78 is 17.1. The molecule has 0 rings (SSSR count). The van der Waals surface area contributed by atoms with Gasteiger partial charge in [-0.25, -0.2) is 0 Å². The van der Waals surface area contributed by atoms with Crippen LogP contribution in [0.4, 0.5) is 0 Å². The smallest absolute Gasteiger partial charge is 0.282 e. The van der Waals surface area contributed by atoms with E-state index in [0.717, 1.165) is 12.8 Å². The van der Waals surface area contributed by atoms with Crippen LogP contribution >= 0.6 is 0 Å². The summed E-state index contributed by atoms with van der Waals surface area (Å²) in [6.07, 6.45) is 18.3. The van der Waals surface area contributed by atoms with Gasteiger partial charge in [-0.3, -0.25) is 0 Å². The average molecular weight is 389 g/mol. The van der Waals surface area contributed by atoms with Gasteiger partial charge in [-0.15, -0.1) is 0 Å². The van der Waals surface area contributed by atoms with Gasteiger partial charge in [0.1, 0.15) is 0 Å². The van der Waals surface area contributed by atoms with Crippen molar-refractivity contribution in [1.29, 1.82) is 0 Å². The standard InChI is InChI=1S/C16H34O3.C8H18/c1-5-9-10-11-12-13-14-15-16(17-6-2,18-7-3)19-8-4;1-3-5-7-8-6-4-2/h5-15H2,1-4H3;3-8H2,1-2H3. The number of hydrogen-bond donors (Lipinski definition) is 0. The van der Waals surface area contributed by atoms with Crippen LogP contribution < -0.4 is 0 Å². The van der Waals surface area contributed by atoms with Gasteiger partial charge in [0, 0.05) is 26.2 Å². The van der Waals surface area contributed by atoms with Crippen molar-refractivity contribution in [2.75, 3.05) is 19.8 Å². The van der Waals surface area contributed by atoms with Crippen LogP contribution in [-0.2, 0) is 14.2 Å². The fourth-order valence-electron chi connectivity index (χ4n) is 3.15. The molecule has 0 N–H and O–H groups in total. The lowest BCUT2D eigenvalue weighted by molar-refractivity contribution is -0.380. The maximum atomic E-state index is 5.71. The first-order chi connectivity index (χ1) is 13.2. The topological polar surface area (TPSA) is 27.7 Å². The molecule has 0 bridgehead atoms. The Hall–Kier alpha value is -0.120. The van der Waals surface area contributed by atoms with Gasteiger partial charge in [0.2, 0.25) is 0 Å². The van der Waals surface area contributed by atoms with Gasteiger partial charge in [0.25, 0.3) is 5.97 Å². The molecule has 166 valence electrons. The third-order valence-corrected chi connectivity index (χ3v) is 4.64. The Morgan fingerprint density at radius 3 is 1.00 bits per heavy atom. The zero-order valence-electron chi connectivity index (χ0n) is 19.7. The quantitative estimate of drug-likeness (QED) is 0.165. The van der Waals surface area contributed by atoms with Gasteiger partial charge in [0.05, 0.1) is 0 Å². The zero-order valence-corrected chi connectivity index (χ0v) is 19.7. The van der Waals surface area contributed by atoms with Gasteiger partial charge in [0.15, 0.2) is 0 Å². The molecule has 0 aromatic heterocycles. The lowest BCUT2D eigenvalue weighted by Crippen LogP contribution is -2.39. The van der Waals surface area contributed by atoms with Crippen LogP contribution in [0.25, 0.3) is 0 Å². The first-order valence-electron chi connectivity index (χ1n) is 12.1. The third kappa shape index (κ3) is 20.4. The van der Waals surface area contributed by atoms with Crippen molar-refractivity contribution < 1.29 is 14.2 Å². The first-order valence-corrected chi connectivity index (χ1v) is 12.1. The molecule has 0 atom stereocenters. The molecule has 0 saturated heterocycles. The normalized spacial score (nSPS) is 11.3. The predicted octanol–water partition coefficient (Wildman–Crippen LogP) is 8.26. The van der Waals surface area contributed by atoms with Crippen molar-refractivity contribution in [1.82, 2.24) is 0 Å². The largest absolute Gasteiger partial charge is 0.328 e. The summed E-state index contributed by atoms with van der Waals surface area (Å²) in [5.74, 6) is -0.804. The molecule has 0 aliphatic rings. The van der Waals surface area contributed by atoms with Gasteiger partial charge in [-0.2, -0.15) is 0 Å². The number of ether oxygens (including phenoxy) is 3. The van der Waals surface area contributed by atoms with Gasteiger partial charge in [-0.05, 0) is 27.2 Å². The maximum absolute atomic E-state index is 5.71. The van der Waals surface area contributed by atoms with E-state index in [9.17, 15) is 0 Å². The summed E-state index contributed by atoms with van der Waals surface area (Å²) in [6, 6.07) is 0. The summed E-state index contributed by atoms with van der Waals surface area (Å²) in [5.41, 5.74) is 0. The fraction of sp³-hybridized carbons (Fsp3) is 1.00. The Morgan fingerprint density at radius 1 is 0.407 bits per heavy atom. The highest BCUT2D eigenvalue weighted by molar-refractivity contribution is 4.59. The van der Waals surface area contributed by atoms with E-state index in [-0.39, 0.29) is 0 Å². The Labute approximate surface area is 171 Å². The van der Waals surface area contributed by atoms with Crippen LogP contribution in [0.5, 0.6) is 0 Å². The molecule has 3 nitrogen and oxygen atoms in total. The number of rotatable bonds is 19. The van der Waals surface area contributed by atoms with Gasteiger partial charge >= 0.3 is 0 Å². The van der Waals surface area contributed by atoms with Crippen LogP contribution in [0.3, 0.4) is 0 Å². The lowest BCUT2D eigenvalue weighted by Gasteiger charge is -2.32. The average Bonchev–Trinajstić information content (AvgIpc) is 2.66. The Balaban J connectivity index is 0. The molecule has 3 heteroatoms. The van der Waals surface area contributed by atoms with Crippen molar-refractivity contribution >= 4 is 0 Å². The van der Waals surface area contributed by atoms with Crippen molar-refractivity contribution in [3.63, 3.8) is 0 Å². The molecule has 0 radical (unpaired) electrons. The van der Waals surface area contributed by atoms with Crippen LogP contribution in [0.15, 0.2) is 0 Å². The molecule has 0 fully saturated rings. The number of hydrogen-bond acceptors (Lipinski definition) is 3. The summed E-state index contributed by atoms with van der Waals surface area (Å²) in [7, 11) is 0. The predicted molar refractivity (Wildman–Crippen MR) is 119 cm³/mol. The summed E-state index contributed by atoms with van der Waals surface area (Å²) in [6.45, 7) is 14.6. The fourth-order valence-corrected chi connectivity index (χ4v) is 3.15. The van der Waals surface area contributed by atoms with Gasteiger partial charge in [-0.1, -0.05) is 97.8 Å². The molecule has 0 aliphatic carbocycles. The van der Waals surface area contributed by atoms with Crippen LogP contribution in [0.2, 0.25) is 0 Å². The molecule has 0 heterocycles. The molecule has 0 aromatic carbocycles. The van der Waals surface area contributed by atoms with E-state index in [1.54, 1.807) is 0 Å². The highest BCUT2D eigenvalue weighted by atomic mass is 16.9. The maximum Gasteiger partial charge on any atom is 0.282 e. The minimum atomic E-state index is -0.804. The second-order valence-electron chi connectivity index (χ2n) is 7.27. The van der Waals surface area contributed by atoms with E-state index in [1.807, 2.05) is 20.8 Å². The molecular formula is C24H52O3. The summed E-state index contributed by atoms with van der Waals surface area (Å²) in [5, 5.41) is 0. The van der Waals surface area contributed by atoms with Crippen molar-refractivity contribution in [3.05, 3.63) is 0 Å². The minimum Gasteiger partial charge on any atom is -0.328 e. The van der Waals surface area contributed by atoms with Crippen LogP contribution in [0.1, 0.15) is 131 Å². The molecule has 0 spiro atoms. The molecule has 0 aromatic rings. The molecule has 0 aliphatic heterocycles. The van der Waals surface area contributed by atoms with Crippen molar-refractivity contribution in [2.45, 2.75) is 137 Å². The van der Waals surface area contributed by atoms with Crippen molar-refractivity contribution in [3.8, 4) is 0 Å². The lowest BCUT2D eigenvalue weighted by atomic mass is 10.1. The number of unbranched alkanes of at least 4 members (excludes halogenated alkanes) is 11. The molecular weight excluding hydrogens is 336 g/mol. The Bertz CT molecular complexity index is 233. The highest BCUT2D eigenvalue weighted by Crippen LogP contribution is 2.24. The van der Waals surface area contributed by atoms with E-state index in [0.29, 0.717) is 19.8 Å². The molecule has 0 amide bonds. The van der Waals surface area contributed by atoms with E-state index in [2.05, 4.69) is 20.8 Å². The zero-order chi connectivity index (χ0) is 20.6. The summed E-state index contributed by atoms with van der Waals surface area (Å²) >= 11 is 0. The summed E-state index contributed by atoms with van der Waals surface area (Å²) in [4.78, 5) is 0. The second-order valence-corrected chi connectivity index (χ2v) is 7.27.